The fourth-order valence-corrected chi connectivity index (χ4v) is 1.68. The largest absolute Gasteiger partial charge is 0.508 e. The van der Waals surface area contributed by atoms with Gasteiger partial charge in [-0.2, -0.15) is 0 Å². The lowest BCUT2D eigenvalue weighted by Crippen LogP contribution is -2.52. The summed E-state index contributed by atoms with van der Waals surface area (Å²) in [4.78, 5) is 22.9. The van der Waals surface area contributed by atoms with Crippen molar-refractivity contribution in [2.45, 2.75) is 25.3 Å². The van der Waals surface area contributed by atoms with Crippen molar-refractivity contribution >= 4 is 12.1 Å². The Kier molecular flexibility index (Phi) is 5.78. The van der Waals surface area contributed by atoms with E-state index in [4.69, 9.17) is 4.74 Å². The number of aliphatic carboxylic acids is 1. The summed E-state index contributed by atoms with van der Waals surface area (Å²) in [6.45, 7) is 4.84. The van der Waals surface area contributed by atoms with E-state index >= 15 is 0 Å². The molecule has 6 nitrogen and oxygen atoms in total. The highest BCUT2D eigenvalue weighted by molar-refractivity contribution is 5.83. The molecule has 0 saturated carbocycles. The number of aryl methyl sites for hydroxylation is 1. The molecular weight excluding hydrogens is 274 g/mol. The molecule has 0 fully saturated rings. The fraction of sp³-hybridized carbons (Fsp3) is 0.333. The van der Waals surface area contributed by atoms with Gasteiger partial charge < -0.3 is 20.3 Å². The molecule has 0 aliphatic rings. The minimum Gasteiger partial charge on any atom is -0.508 e. The van der Waals surface area contributed by atoms with Crippen LogP contribution in [0.2, 0.25) is 0 Å². The quantitative estimate of drug-likeness (QED) is 0.669. The average Bonchev–Trinajstić information content (AvgIpc) is 2.44. The van der Waals surface area contributed by atoms with Crippen molar-refractivity contribution in [1.29, 1.82) is 0 Å². The van der Waals surface area contributed by atoms with Crippen molar-refractivity contribution in [3.8, 4) is 5.75 Å². The molecule has 0 aliphatic carbocycles. The van der Waals surface area contributed by atoms with Crippen LogP contribution in [0.1, 0.15) is 18.9 Å². The molecule has 1 aromatic rings. The Morgan fingerprint density at radius 1 is 1.38 bits per heavy atom. The number of carbonyl (C=O) groups excluding carboxylic acids is 1. The molecule has 0 saturated heterocycles. The monoisotopic (exact) mass is 293 g/mol. The van der Waals surface area contributed by atoms with Gasteiger partial charge in [0.1, 0.15) is 17.9 Å². The van der Waals surface area contributed by atoms with Gasteiger partial charge in [0.25, 0.3) is 0 Å². The number of alkyl carbamates (subject to hydrolysis) is 1. The Balaban J connectivity index is 2.67. The number of benzene rings is 1. The molecule has 0 bridgehead atoms. The van der Waals surface area contributed by atoms with Crippen molar-refractivity contribution in [1.82, 2.24) is 5.32 Å². The fourth-order valence-electron chi connectivity index (χ4n) is 1.68. The first-order valence-corrected chi connectivity index (χ1v) is 6.44. The van der Waals surface area contributed by atoms with Crippen LogP contribution in [-0.4, -0.2) is 34.4 Å². The van der Waals surface area contributed by atoms with Gasteiger partial charge in [0.2, 0.25) is 0 Å². The smallest absolute Gasteiger partial charge is 0.408 e. The van der Waals surface area contributed by atoms with E-state index in [0.717, 1.165) is 5.56 Å². The van der Waals surface area contributed by atoms with Gasteiger partial charge in [-0.1, -0.05) is 24.8 Å². The molecular formula is C15H19NO5. The van der Waals surface area contributed by atoms with Crippen LogP contribution in [0.4, 0.5) is 4.79 Å². The highest BCUT2D eigenvalue weighted by Gasteiger charge is 2.35. The minimum absolute atomic E-state index is 0.0134. The van der Waals surface area contributed by atoms with Gasteiger partial charge in [-0.05, 0) is 37.5 Å². The van der Waals surface area contributed by atoms with Crippen molar-refractivity contribution in [2.24, 2.45) is 0 Å². The molecule has 0 radical (unpaired) electrons. The number of ether oxygens (including phenoxy) is 1. The number of carboxylic acids is 1. The van der Waals surface area contributed by atoms with Crippen LogP contribution >= 0.6 is 0 Å². The summed E-state index contributed by atoms with van der Waals surface area (Å²) in [5, 5.41) is 20.8. The first-order chi connectivity index (χ1) is 9.87. The van der Waals surface area contributed by atoms with E-state index in [1.165, 1.54) is 25.1 Å². The Morgan fingerprint density at radius 3 is 2.52 bits per heavy atom. The topological polar surface area (TPSA) is 95.9 Å². The number of amides is 1. The standard InChI is InChI=1S/C15H19NO5/c1-3-10-21-14(20)16-15(2,13(18)19)9-8-11-4-6-12(17)7-5-11/h3-7,17H,1,8-10H2,2H3,(H,16,20)(H,18,19). The van der Waals surface area contributed by atoms with Gasteiger partial charge in [0, 0.05) is 0 Å². The van der Waals surface area contributed by atoms with Gasteiger partial charge in [-0.3, -0.25) is 0 Å². The Labute approximate surface area is 123 Å². The molecule has 6 heteroatoms. The van der Waals surface area contributed by atoms with Crippen LogP contribution in [-0.2, 0) is 16.0 Å². The zero-order valence-electron chi connectivity index (χ0n) is 11.8. The molecule has 0 heterocycles. The first-order valence-electron chi connectivity index (χ1n) is 6.44. The molecule has 0 aromatic heterocycles. The average molecular weight is 293 g/mol. The molecule has 1 aromatic carbocycles. The molecule has 3 N–H and O–H groups in total. The van der Waals surface area contributed by atoms with Crippen LogP contribution in [0.3, 0.4) is 0 Å². The molecule has 1 atom stereocenters. The number of aromatic hydroxyl groups is 1. The molecule has 114 valence electrons. The number of nitrogens with one attached hydrogen (secondary N) is 1. The zero-order valence-corrected chi connectivity index (χ0v) is 11.8. The number of hydrogen-bond acceptors (Lipinski definition) is 4. The SMILES string of the molecule is C=CCOC(=O)NC(C)(CCc1ccc(O)cc1)C(=O)O. The lowest BCUT2D eigenvalue weighted by Gasteiger charge is -2.25. The normalized spacial score (nSPS) is 13.0. The molecule has 1 amide bonds. The second-order valence-electron chi connectivity index (χ2n) is 4.82. The Bertz CT molecular complexity index is 511. The van der Waals surface area contributed by atoms with Crippen LogP contribution in [0.25, 0.3) is 0 Å². The minimum atomic E-state index is -1.43. The molecule has 21 heavy (non-hydrogen) atoms. The summed E-state index contributed by atoms with van der Waals surface area (Å²) < 4.78 is 4.74. The van der Waals surface area contributed by atoms with Crippen LogP contribution in [0.15, 0.2) is 36.9 Å². The van der Waals surface area contributed by atoms with Crippen molar-refractivity contribution in [3.63, 3.8) is 0 Å². The second kappa shape index (κ2) is 7.33. The number of phenolic OH excluding ortho intramolecular Hbond substituents is 1. The molecule has 1 rings (SSSR count). The second-order valence-corrected chi connectivity index (χ2v) is 4.82. The molecule has 0 aliphatic heterocycles. The lowest BCUT2D eigenvalue weighted by atomic mass is 9.93. The summed E-state index contributed by atoms with van der Waals surface area (Å²) in [6, 6.07) is 6.46. The van der Waals surface area contributed by atoms with Gasteiger partial charge >= 0.3 is 12.1 Å². The third-order valence-electron chi connectivity index (χ3n) is 3.03. The predicted octanol–water partition coefficient (Wildman–Crippen LogP) is 2.08. The van der Waals surface area contributed by atoms with Crippen molar-refractivity contribution < 1.29 is 24.5 Å². The van der Waals surface area contributed by atoms with Crippen LogP contribution in [0, 0.1) is 0 Å². The number of rotatable bonds is 7. The number of hydrogen-bond donors (Lipinski definition) is 3. The maximum Gasteiger partial charge on any atom is 0.408 e. The van der Waals surface area contributed by atoms with Gasteiger partial charge in [0.05, 0.1) is 0 Å². The summed E-state index contributed by atoms with van der Waals surface area (Å²) in [6.07, 6.45) is 1.22. The maximum absolute atomic E-state index is 11.5. The number of carbonyl (C=O) groups is 2. The summed E-state index contributed by atoms with van der Waals surface area (Å²) in [7, 11) is 0. The van der Waals surface area contributed by atoms with E-state index < -0.39 is 17.6 Å². The van der Waals surface area contributed by atoms with Crippen molar-refractivity contribution in [2.75, 3.05) is 6.61 Å². The lowest BCUT2D eigenvalue weighted by molar-refractivity contribution is -0.144. The Hall–Kier alpha value is -2.50. The first kappa shape index (κ1) is 16.6. The third kappa shape index (κ3) is 5.18. The Morgan fingerprint density at radius 2 is 2.00 bits per heavy atom. The van der Waals surface area contributed by atoms with Crippen LogP contribution in [0.5, 0.6) is 5.75 Å². The van der Waals surface area contributed by atoms with Gasteiger partial charge in [-0.25, -0.2) is 9.59 Å². The van der Waals surface area contributed by atoms with E-state index in [9.17, 15) is 19.8 Å². The van der Waals surface area contributed by atoms with Crippen molar-refractivity contribution in [3.05, 3.63) is 42.5 Å². The maximum atomic E-state index is 11.5. The summed E-state index contributed by atoms with van der Waals surface area (Å²) in [5.74, 6) is -0.997. The van der Waals surface area contributed by atoms with E-state index in [2.05, 4.69) is 11.9 Å². The van der Waals surface area contributed by atoms with E-state index in [1.807, 2.05) is 0 Å². The third-order valence-corrected chi connectivity index (χ3v) is 3.03. The van der Waals surface area contributed by atoms with Crippen LogP contribution < -0.4 is 5.32 Å². The van der Waals surface area contributed by atoms with Gasteiger partial charge in [-0.15, -0.1) is 0 Å². The van der Waals surface area contributed by atoms with E-state index in [0.29, 0.717) is 6.42 Å². The van der Waals surface area contributed by atoms with E-state index in [1.54, 1.807) is 12.1 Å². The molecule has 0 spiro atoms. The zero-order chi connectivity index (χ0) is 15.9. The summed E-state index contributed by atoms with van der Waals surface area (Å²) >= 11 is 0. The predicted molar refractivity (Wildman–Crippen MR) is 77.1 cm³/mol. The number of carboxylic acid groups (broad SMARTS) is 1. The highest BCUT2D eigenvalue weighted by atomic mass is 16.5. The van der Waals surface area contributed by atoms with Gasteiger partial charge in [0.15, 0.2) is 0 Å². The summed E-state index contributed by atoms with van der Waals surface area (Å²) in [5.41, 5.74) is -0.572. The van der Waals surface area contributed by atoms with E-state index in [-0.39, 0.29) is 18.8 Å². The number of phenols is 1. The molecule has 1 unspecified atom stereocenters. The highest BCUT2D eigenvalue weighted by Crippen LogP contribution is 2.17.